The molecule has 0 bridgehead atoms. The van der Waals surface area contributed by atoms with Gasteiger partial charge in [-0.25, -0.2) is 0 Å². The van der Waals surface area contributed by atoms with Crippen molar-refractivity contribution >= 4 is 28.9 Å². The van der Waals surface area contributed by atoms with Gasteiger partial charge in [0, 0.05) is 16.8 Å². The van der Waals surface area contributed by atoms with Gasteiger partial charge < -0.3 is 5.32 Å². The SMILES string of the molecule is CCc1cccc(CC)c1NC1=C(Cl)C(=O)c2ccccc2C1=O. The van der Waals surface area contributed by atoms with E-state index in [1.165, 1.54) is 0 Å². The molecule has 1 aliphatic carbocycles. The van der Waals surface area contributed by atoms with Crippen molar-refractivity contribution in [1.82, 2.24) is 0 Å². The Morgan fingerprint density at radius 1 is 0.833 bits per heavy atom. The van der Waals surface area contributed by atoms with Crippen molar-refractivity contribution < 1.29 is 9.59 Å². The van der Waals surface area contributed by atoms with Gasteiger partial charge in [-0.3, -0.25) is 9.59 Å². The Balaban J connectivity index is 2.10. The standard InChI is InChI=1S/C20H18ClNO2/c1-3-12-8-7-9-13(4-2)17(12)22-18-16(21)19(23)14-10-5-6-11-15(14)20(18)24/h5-11,22H,3-4H2,1-2H3. The number of halogens is 1. The number of carbonyl (C=O) groups is 2. The molecule has 3 rings (SSSR count). The Labute approximate surface area is 146 Å². The number of nitrogens with one attached hydrogen (secondary N) is 1. The number of fused-ring (bicyclic) bond motifs is 1. The number of carbonyl (C=O) groups excluding carboxylic acids is 2. The highest BCUT2D eigenvalue weighted by Gasteiger charge is 2.31. The molecule has 0 radical (unpaired) electrons. The number of benzene rings is 2. The molecule has 1 N–H and O–H groups in total. The number of hydrogen-bond acceptors (Lipinski definition) is 3. The van der Waals surface area contributed by atoms with Crippen LogP contribution in [-0.4, -0.2) is 11.6 Å². The van der Waals surface area contributed by atoms with Gasteiger partial charge in [0.2, 0.25) is 11.6 Å². The maximum absolute atomic E-state index is 12.8. The summed E-state index contributed by atoms with van der Waals surface area (Å²) in [5.41, 5.74) is 3.96. The zero-order valence-corrected chi connectivity index (χ0v) is 14.4. The van der Waals surface area contributed by atoms with E-state index < -0.39 is 0 Å². The third kappa shape index (κ3) is 2.65. The maximum atomic E-state index is 12.8. The molecule has 0 atom stereocenters. The number of ketones is 2. The zero-order chi connectivity index (χ0) is 17.3. The van der Waals surface area contributed by atoms with Gasteiger partial charge in [0.05, 0.1) is 0 Å². The normalized spacial score (nSPS) is 14.0. The minimum Gasteiger partial charge on any atom is -0.351 e. The Hall–Kier alpha value is -2.39. The quantitative estimate of drug-likeness (QED) is 0.874. The first-order valence-electron chi connectivity index (χ1n) is 8.04. The molecular formula is C20H18ClNO2. The van der Waals surface area contributed by atoms with Crippen molar-refractivity contribution in [2.45, 2.75) is 26.7 Å². The van der Waals surface area contributed by atoms with Crippen molar-refractivity contribution in [3.05, 3.63) is 75.4 Å². The predicted molar refractivity (Wildman–Crippen MR) is 96.8 cm³/mol. The van der Waals surface area contributed by atoms with E-state index in [4.69, 9.17) is 11.6 Å². The molecule has 2 aromatic carbocycles. The van der Waals surface area contributed by atoms with E-state index in [1.54, 1.807) is 24.3 Å². The van der Waals surface area contributed by atoms with Gasteiger partial charge >= 0.3 is 0 Å². The van der Waals surface area contributed by atoms with Crippen LogP contribution in [0.1, 0.15) is 45.7 Å². The fraction of sp³-hybridized carbons (Fsp3) is 0.200. The van der Waals surface area contributed by atoms with Gasteiger partial charge in [-0.15, -0.1) is 0 Å². The molecule has 0 saturated carbocycles. The Morgan fingerprint density at radius 2 is 1.38 bits per heavy atom. The van der Waals surface area contributed by atoms with E-state index in [9.17, 15) is 9.59 Å². The molecule has 0 spiro atoms. The molecule has 2 aromatic rings. The van der Waals surface area contributed by atoms with Crippen molar-refractivity contribution in [3.8, 4) is 0 Å². The molecule has 1 aliphatic rings. The lowest BCUT2D eigenvalue weighted by Gasteiger charge is -2.21. The van der Waals surface area contributed by atoms with E-state index in [-0.39, 0.29) is 22.3 Å². The van der Waals surface area contributed by atoms with Crippen molar-refractivity contribution in [3.63, 3.8) is 0 Å². The molecule has 4 heteroatoms. The van der Waals surface area contributed by atoms with E-state index in [0.717, 1.165) is 29.7 Å². The highest BCUT2D eigenvalue weighted by Crippen LogP contribution is 2.32. The third-order valence-corrected chi connectivity index (χ3v) is 4.67. The number of hydrogen-bond donors (Lipinski definition) is 1. The fourth-order valence-electron chi connectivity index (χ4n) is 2.98. The van der Waals surface area contributed by atoms with Crippen LogP contribution in [0.15, 0.2) is 53.2 Å². The first-order chi connectivity index (χ1) is 11.6. The lowest BCUT2D eigenvalue weighted by Crippen LogP contribution is -2.24. The molecule has 3 nitrogen and oxygen atoms in total. The third-order valence-electron chi connectivity index (χ3n) is 4.31. The second kappa shape index (κ2) is 6.62. The highest BCUT2D eigenvalue weighted by atomic mass is 35.5. The average molecular weight is 340 g/mol. The summed E-state index contributed by atoms with van der Waals surface area (Å²) in [5, 5.41) is 3.12. The summed E-state index contributed by atoms with van der Waals surface area (Å²) >= 11 is 6.24. The Bertz CT molecular complexity index is 845. The largest absolute Gasteiger partial charge is 0.351 e. The van der Waals surface area contributed by atoms with Gasteiger partial charge in [0.1, 0.15) is 10.7 Å². The summed E-state index contributed by atoms with van der Waals surface area (Å²) in [6.45, 7) is 4.11. The zero-order valence-electron chi connectivity index (χ0n) is 13.7. The molecule has 0 aromatic heterocycles. The van der Waals surface area contributed by atoms with E-state index >= 15 is 0 Å². The second-order valence-corrected chi connectivity index (χ2v) is 6.05. The Kier molecular flexibility index (Phi) is 4.54. The minimum absolute atomic E-state index is 0.0494. The van der Waals surface area contributed by atoms with Crippen molar-refractivity contribution in [1.29, 1.82) is 0 Å². The monoisotopic (exact) mass is 339 g/mol. The smallest absolute Gasteiger partial charge is 0.211 e. The van der Waals surface area contributed by atoms with Crippen LogP contribution < -0.4 is 5.32 Å². The number of aryl methyl sites for hydroxylation is 2. The predicted octanol–water partition coefficient (Wildman–Crippen LogP) is 4.75. The summed E-state index contributed by atoms with van der Waals surface area (Å²) in [7, 11) is 0. The average Bonchev–Trinajstić information content (AvgIpc) is 2.63. The molecule has 0 saturated heterocycles. The molecule has 24 heavy (non-hydrogen) atoms. The van der Waals surface area contributed by atoms with E-state index in [2.05, 4.69) is 19.2 Å². The summed E-state index contributed by atoms with van der Waals surface area (Å²) in [5.74, 6) is -0.565. The molecule has 0 fully saturated rings. The fourth-order valence-corrected chi connectivity index (χ4v) is 3.22. The first kappa shape index (κ1) is 16.5. The first-order valence-corrected chi connectivity index (χ1v) is 8.42. The second-order valence-electron chi connectivity index (χ2n) is 5.68. The molecule has 0 amide bonds. The van der Waals surface area contributed by atoms with Crippen LogP contribution in [0.3, 0.4) is 0 Å². The molecular weight excluding hydrogens is 322 g/mol. The van der Waals surface area contributed by atoms with Gasteiger partial charge in [-0.05, 0) is 24.0 Å². The topological polar surface area (TPSA) is 46.2 Å². The van der Waals surface area contributed by atoms with Gasteiger partial charge in [-0.1, -0.05) is 67.9 Å². The lowest BCUT2D eigenvalue weighted by molar-refractivity contribution is 0.0982. The molecule has 0 aliphatic heterocycles. The molecule has 0 heterocycles. The van der Waals surface area contributed by atoms with Crippen LogP contribution in [0.2, 0.25) is 0 Å². The maximum Gasteiger partial charge on any atom is 0.211 e. The van der Waals surface area contributed by atoms with Crippen LogP contribution in [-0.2, 0) is 12.8 Å². The van der Waals surface area contributed by atoms with Crippen LogP contribution in [0.5, 0.6) is 0 Å². The number of rotatable bonds is 4. The van der Waals surface area contributed by atoms with Crippen molar-refractivity contribution in [2.24, 2.45) is 0 Å². The lowest BCUT2D eigenvalue weighted by atomic mass is 9.92. The van der Waals surface area contributed by atoms with E-state index in [0.29, 0.717) is 11.1 Å². The summed E-state index contributed by atoms with van der Waals surface area (Å²) in [4.78, 5) is 25.3. The Morgan fingerprint density at radius 3 is 1.92 bits per heavy atom. The van der Waals surface area contributed by atoms with Crippen LogP contribution in [0.4, 0.5) is 5.69 Å². The van der Waals surface area contributed by atoms with E-state index in [1.807, 2.05) is 18.2 Å². The van der Waals surface area contributed by atoms with Gasteiger partial charge in [-0.2, -0.15) is 0 Å². The summed E-state index contributed by atoms with van der Waals surface area (Å²) in [6.07, 6.45) is 1.64. The number of anilines is 1. The van der Waals surface area contributed by atoms with Crippen LogP contribution in [0.25, 0.3) is 0 Å². The van der Waals surface area contributed by atoms with Crippen LogP contribution in [0, 0.1) is 0 Å². The molecule has 0 unspecified atom stereocenters. The number of para-hydroxylation sites is 1. The minimum atomic E-state index is -0.318. The molecule has 122 valence electrons. The number of allylic oxidation sites excluding steroid dienone is 2. The van der Waals surface area contributed by atoms with Crippen molar-refractivity contribution in [2.75, 3.05) is 5.32 Å². The highest BCUT2D eigenvalue weighted by molar-refractivity contribution is 6.50. The van der Waals surface area contributed by atoms with Gasteiger partial charge in [0.15, 0.2) is 0 Å². The summed E-state index contributed by atoms with van der Waals surface area (Å²) in [6, 6.07) is 12.8. The van der Waals surface area contributed by atoms with Crippen LogP contribution >= 0.6 is 11.6 Å². The number of Topliss-reactive ketones (excluding diaryl/α,β-unsaturated/α-hetero) is 2. The summed E-state index contributed by atoms with van der Waals surface area (Å²) < 4.78 is 0. The van der Waals surface area contributed by atoms with Gasteiger partial charge in [0.25, 0.3) is 0 Å².